The van der Waals surface area contributed by atoms with Crippen LogP contribution >= 0.6 is 23.4 Å². The first-order valence-electron chi connectivity index (χ1n) is 9.57. The fraction of sp³-hybridized carbons (Fsp3) is 0.227. The molecule has 3 aromatic rings. The summed E-state index contributed by atoms with van der Waals surface area (Å²) in [7, 11) is 0. The van der Waals surface area contributed by atoms with E-state index in [0.29, 0.717) is 39.7 Å². The van der Waals surface area contributed by atoms with Gasteiger partial charge in [-0.05, 0) is 42.3 Å². The quantitative estimate of drug-likeness (QED) is 0.431. The summed E-state index contributed by atoms with van der Waals surface area (Å²) in [6, 6.07) is 15.0. The van der Waals surface area contributed by atoms with Gasteiger partial charge in [0.1, 0.15) is 11.6 Å². The van der Waals surface area contributed by atoms with Gasteiger partial charge in [0.15, 0.2) is 5.16 Å². The van der Waals surface area contributed by atoms with Gasteiger partial charge >= 0.3 is 0 Å². The molecular weight excluding hydrogens is 422 g/mol. The molecule has 2 N–H and O–H groups in total. The molecule has 1 aliphatic heterocycles. The molecule has 0 spiro atoms. The van der Waals surface area contributed by atoms with Crippen molar-refractivity contribution in [3.05, 3.63) is 80.6 Å². The van der Waals surface area contributed by atoms with Crippen LogP contribution in [-0.4, -0.2) is 22.5 Å². The number of hydrogen-bond acceptors (Lipinski definition) is 5. The number of nitrogens with one attached hydrogen (secondary N) is 2. The zero-order valence-electron chi connectivity index (χ0n) is 16.3. The summed E-state index contributed by atoms with van der Waals surface area (Å²) in [5.74, 6) is 1.11. The minimum absolute atomic E-state index is 0.166. The lowest BCUT2D eigenvalue weighted by atomic mass is 9.87. The van der Waals surface area contributed by atoms with E-state index >= 15 is 0 Å². The van der Waals surface area contributed by atoms with Gasteiger partial charge < -0.3 is 15.0 Å². The molecule has 0 unspecified atom stereocenters. The van der Waals surface area contributed by atoms with Crippen LogP contribution in [0.5, 0.6) is 5.75 Å². The number of anilines is 1. The number of hydrogen-bond donors (Lipinski definition) is 2. The van der Waals surface area contributed by atoms with Gasteiger partial charge in [0.25, 0.3) is 5.56 Å². The first kappa shape index (κ1) is 20.5. The van der Waals surface area contributed by atoms with Crippen molar-refractivity contribution < 1.29 is 9.53 Å². The summed E-state index contributed by atoms with van der Waals surface area (Å²) < 4.78 is 5.57. The van der Waals surface area contributed by atoms with E-state index in [-0.39, 0.29) is 23.8 Å². The number of aromatic nitrogens is 2. The second-order valence-corrected chi connectivity index (χ2v) is 8.26. The fourth-order valence-electron chi connectivity index (χ4n) is 3.42. The van der Waals surface area contributed by atoms with Gasteiger partial charge in [0.2, 0.25) is 5.91 Å². The van der Waals surface area contributed by atoms with E-state index in [1.165, 1.54) is 11.8 Å². The maximum atomic E-state index is 12.9. The molecule has 1 aromatic heterocycles. The first-order valence-corrected chi connectivity index (χ1v) is 10.9. The molecule has 30 heavy (non-hydrogen) atoms. The Hall–Kier alpha value is -2.77. The van der Waals surface area contributed by atoms with Crippen LogP contribution in [0.25, 0.3) is 0 Å². The van der Waals surface area contributed by atoms with Crippen molar-refractivity contribution in [3.8, 4) is 5.75 Å². The maximum Gasteiger partial charge on any atom is 0.257 e. The van der Waals surface area contributed by atoms with Crippen molar-refractivity contribution in [2.45, 2.75) is 30.2 Å². The molecule has 4 rings (SSSR count). The number of H-pyrrole nitrogens is 1. The highest BCUT2D eigenvalue weighted by atomic mass is 35.5. The van der Waals surface area contributed by atoms with E-state index in [0.717, 1.165) is 11.1 Å². The molecule has 0 saturated heterocycles. The van der Waals surface area contributed by atoms with E-state index in [1.54, 1.807) is 0 Å². The van der Waals surface area contributed by atoms with Crippen molar-refractivity contribution in [3.63, 3.8) is 0 Å². The van der Waals surface area contributed by atoms with Gasteiger partial charge in [-0.1, -0.05) is 47.6 Å². The molecule has 8 heteroatoms. The van der Waals surface area contributed by atoms with Crippen LogP contribution in [0.1, 0.15) is 36.0 Å². The Labute approximate surface area is 183 Å². The largest absolute Gasteiger partial charge is 0.494 e. The van der Waals surface area contributed by atoms with Crippen LogP contribution in [0.4, 0.5) is 5.82 Å². The SMILES string of the molecule is CCOc1cccc([C@@H]2CC(=O)Nc3nc(SCc4ccc(Cl)cc4)[nH]c(=O)c32)c1. The van der Waals surface area contributed by atoms with Gasteiger partial charge in [-0.15, -0.1) is 0 Å². The summed E-state index contributed by atoms with van der Waals surface area (Å²) in [5, 5.41) is 3.88. The second-order valence-electron chi connectivity index (χ2n) is 6.86. The standard InChI is InChI=1S/C22H20ClN3O3S/c1-2-29-16-5-3-4-14(10-16)17-11-18(27)24-20-19(17)21(28)26-22(25-20)30-12-13-6-8-15(23)9-7-13/h3-10,17H,2,11-12H2,1H3,(H2,24,25,26,27,28)/t17-/m0/s1. The number of fused-ring (bicyclic) bond motifs is 1. The molecule has 0 bridgehead atoms. The van der Waals surface area contributed by atoms with E-state index in [9.17, 15) is 9.59 Å². The number of benzene rings is 2. The molecule has 1 atom stereocenters. The number of nitrogens with zero attached hydrogens (tertiary/aromatic N) is 1. The Morgan fingerprint density at radius 1 is 1.20 bits per heavy atom. The predicted molar refractivity (Wildman–Crippen MR) is 119 cm³/mol. The van der Waals surface area contributed by atoms with Crippen molar-refractivity contribution in [1.29, 1.82) is 0 Å². The third-order valence-corrected chi connectivity index (χ3v) is 5.99. The lowest BCUT2D eigenvalue weighted by Gasteiger charge is -2.24. The topological polar surface area (TPSA) is 84.1 Å². The molecular formula is C22H20ClN3O3S. The van der Waals surface area contributed by atoms with Crippen molar-refractivity contribution in [1.82, 2.24) is 9.97 Å². The Morgan fingerprint density at radius 3 is 2.77 bits per heavy atom. The van der Waals surface area contributed by atoms with Crippen molar-refractivity contribution in [2.75, 3.05) is 11.9 Å². The third kappa shape index (κ3) is 4.52. The predicted octanol–water partition coefficient (Wildman–Crippen LogP) is 4.59. The minimum Gasteiger partial charge on any atom is -0.494 e. The van der Waals surface area contributed by atoms with Crippen LogP contribution in [0.15, 0.2) is 58.5 Å². The number of carbonyl (C=O) groups is 1. The zero-order chi connectivity index (χ0) is 21.1. The number of amides is 1. The highest BCUT2D eigenvalue weighted by Gasteiger charge is 2.31. The summed E-state index contributed by atoms with van der Waals surface area (Å²) in [4.78, 5) is 32.6. The molecule has 2 aromatic carbocycles. The molecule has 1 amide bonds. The average molecular weight is 442 g/mol. The van der Waals surface area contributed by atoms with Gasteiger partial charge in [-0.3, -0.25) is 9.59 Å². The summed E-state index contributed by atoms with van der Waals surface area (Å²) in [5.41, 5.74) is 2.13. The number of rotatable bonds is 6. The number of carbonyl (C=O) groups excluding carboxylic acids is 1. The third-order valence-electron chi connectivity index (χ3n) is 4.79. The molecule has 1 aliphatic rings. The van der Waals surface area contributed by atoms with Gasteiger partial charge in [-0.25, -0.2) is 4.98 Å². The Kier molecular flexibility index (Phi) is 6.11. The van der Waals surface area contributed by atoms with Gasteiger partial charge in [0, 0.05) is 23.1 Å². The average Bonchev–Trinajstić information content (AvgIpc) is 2.73. The van der Waals surface area contributed by atoms with Crippen LogP contribution in [0.3, 0.4) is 0 Å². The molecule has 2 heterocycles. The molecule has 0 saturated carbocycles. The normalized spacial score (nSPS) is 15.4. The van der Waals surface area contributed by atoms with E-state index in [1.807, 2.05) is 55.5 Å². The highest BCUT2D eigenvalue weighted by molar-refractivity contribution is 7.98. The van der Waals surface area contributed by atoms with Gasteiger partial charge in [0.05, 0.1) is 12.2 Å². The number of aromatic amines is 1. The summed E-state index contributed by atoms with van der Waals surface area (Å²) in [6.45, 7) is 2.45. The first-order chi connectivity index (χ1) is 14.5. The summed E-state index contributed by atoms with van der Waals surface area (Å²) >= 11 is 7.31. The lowest BCUT2D eigenvalue weighted by Crippen LogP contribution is -2.31. The van der Waals surface area contributed by atoms with Crippen LogP contribution in [-0.2, 0) is 10.5 Å². The fourth-order valence-corrected chi connectivity index (χ4v) is 4.37. The van der Waals surface area contributed by atoms with E-state index in [4.69, 9.17) is 16.3 Å². The molecule has 0 radical (unpaired) electrons. The van der Waals surface area contributed by atoms with E-state index in [2.05, 4.69) is 15.3 Å². The van der Waals surface area contributed by atoms with Crippen molar-refractivity contribution in [2.24, 2.45) is 0 Å². The number of halogens is 1. The maximum absolute atomic E-state index is 12.9. The highest BCUT2D eigenvalue weighted by Crippen LogP contribution is 2.35. The zero-order valence-corrected chi connectivity index (χ0v) is 17.8. The van der Waals surface area contributed by atoms with Crippen LogP contribution in [0.2, 0.25) is 5.02 Å². The Morgan fingerprint density at radius 2 is 2.00 bits per heavy atom. The van der Waals surface area contributed by atoms with Gasteiger partial charge in [-0.2, -0.15) is 0 Å². The molecule has 0 fully saturated rings. The van der Waals surface area contributed by atoms with E-state index < -0.39 is 0 Å². The van der Waals surface area contributed by atoms with Crippen LogP contribution < -0.4 is 15.6 Å². The smallest absolute Gasteiger partial charge is 0.257 e. The van der Waals surface area contributed by atoms with Crippen LogP contribution in [0, 0.1) is 0 Å². The number of thioether (sulfide) groups is 1. The summed E-state index contributed by atoms with van der Waals surface area (Å²) in [6.07, 6.45) is 0.185. The molecule has 0 aliphatic carbocycles. The van der Waals surface area contributed by atoms with Crippen molar-refractivity contribution >= 4 is 35.1 Å². The molecule has 154 valence electrons. The number of ether oxygens (including phenoxy) is 1. The lowest BCUT2D eigenvalue weighted by molar-refractivity contribution is -0.116. The monoisotopic (exact) mass is 441 g/mol. The second kappa shape index (κ2) is 8.93. The minimum atomic E-state index is -0.374. The Bertz CT molecular complexity index is 1130. The Balaban J connectivity index is 1.63. The molecule has 6 nitrogen and oxygen atoms in total.